The first-order valence-corrected chi connectivity index (χ1v) is 12.5. The second-order valence-electron chi connectivity index (χ2n) is 8.00. The molecule has 1 aliphatic heterocycles. The van der Waals surface area contributed by atoms with Crippen LogP contribution in [0.3, 0.4) is 0 Å². The lowest BCUT2D eigenvalue weighted by atomic mass is 10.2. The van der Waals surface area contributed by atoms with Gasteiger partial charge in [-0.2, -0.15) is 0 Å². The van der Waals surface area contributed by atoms with Crippen molar-refractivity contribution in [2.75, 3.05) is 22.1 Å². The second-order valence-corrected chi connectivity index (χ2v) is 10.3. The van der Waals surface area contributed by atoms with Gasteiger partial charge in [0.25, 0.3) is 5.56 Å². The van der Waals surface area contributed by atoms with E-state index in [9.17, 15) is 26.8 Å². The van der Waals surface area contributed by atoms with Crippen LogP contribution in [0.5, 0.6) is 5.75 Å². The Labute approximate surface area is 205 Å². The van der Waals surface area contributed by atoms with Crippen LogP contribution in [-0.4, -0.2) is 31.8 Å². The Bertz CT molecular complexity index is 1520. The Morgan fingerprint density at radius 3 is 2.46 bits per heavy atom. The van der Waals surface area contributed by atoms with E-state index >= 15 is 0 Å². The standard InChI is InChI=1S/C23H20ClF2N3O5S/c1-13-8-21(34-11-15-4-5-16(25)9-18(15)26)22(24)23(31)29(13)17-6-7-19-20(10-17)27(14(2)30)12-28(19)35(3,32)33/h4-10H,11-12H2,1-3H3. The van der Waals surface area contributed by atoms with Gasteiger partial charge < -0.3 is 4.74 Å². The Kier molecular flexibility index (Phi) is 6.32. The van der Waals surface area contributed by atoms with Crippen LogP contribution in [0.2, 0.25) is 5.02 Å². The minimum absolute atomic E-state index is 0.0175. The number of pyridine rings is 1. The second kappa shape index (κ2) is 8.97. The van der Waals surface area contributed by atoms with Gasteiger partial charge >= 0.3 is 0 Å². The molecule has 0 spiro atoms. The number of anilines is 2. The highest BCUT2D eigenvalue weighted by molar-refractivity contribution is 7.92. The number of benzene rings is 2. The van der Waals surface area contributed by atoms with E-state index < -0.39 is 27.2 Å². The van der Waals surface area contributed by atoms with Gasteiger partial charge in [-0.05, 0) is 37.3 Å². The molecule has 1 amide bonds. The first-order valence-electron chi connectivity index (χ1n) is 10.3. The lowest BCUT2D eigenvalue weighted by molar-refractivity contribution is -0.116. The third-order valence-corrected chi connectivity index (χ3v) is 6.99. The largest absolute Gasteiger partial charge is 0.487 e. The Morgan fingerprint density at radius 2 is 1.83 bits per heavy atom. The fourth-order valence-corrected chi connectivity index (χ4v) is 4.84. The smallest absolute Gasteiger partial charge is 0.277 e. The number of nitrogens with zero attached hydrogens (tertiary/aromatic N) is 3. The summed E-state index contributed by atoms with van der Waals surface area (Å²) < 4.78 is 59.3. The van der Waals surface area contributed by atoms with Crippen LogP contribution < -0.4 is 19.5 Å². The lowest BCUT2D eigenvalue weighted by Crippen LogP contribution is -2.36. The maximum atomic E-state index is 13.9. The number of hydrogen-bond donors (Lipinski definition) is 0. The number of carbonyl (C=O) groups excluding carboxylic acids is 1. The maximum absolute atomic E-state index is 13.9. The van der Waals surface area contributed by atoms with Crippen molar-refractivity contribution in [1.82, 2.24) is 4.57 Å². The van der Waals surface area contributed by atoms with E-state index in [1.54, 1.807) is 13.0 Å². The van der Waals surface area contributed by atoms with Crippen LogP contribution >= 0.6 is 11.6 Å². The van der Waals surface area contributed by atoms with E-state index in [0.717, 1.165) is 22.7 Å². The summed E-state index contributed by atoms with van der Waals surface area (Å²) in [4.78, 5) is 26.5. The lowest BCUT2D eigenvalue weighted by Gasteiger charge is -2.17. The zero-order valence-electron chi connectivity index (χ0n) is 18.9. The Morgan fingerprint density at radius 1 is 1.11 bits per heavy atom. The van der Waals surface area contributed by atoms with Gasteiger partial charge in [0.15, 0.2) is 0 Å². The molecule has 35 heavy (non-hydrogen) atoms. The van der Waals surface area contributed by atoms with Gasteiger partial charge in [-0.15, -0.1) is 0 Å². The average Bonchev–Trinajstić information content (AvgIpc) is 3.16. The van der Waals surface area contributed by atoms with Crippen molar-refractivity contribution >= 4 is 38.9 Å². The molecule has 12 heteroatoms. The highest BCUT2D eigenvalue weighted by Gasteiger charge is 2.34. The number of aryl methyl sites for hydroxylation is 1. The number of halogens is 3. The molecule has 2 aromatic carbocycles. The fourth-order valence-electron chi connectivity index (χ4n) is 3.81. The highest BCUT2D eigenvalue weighted by Crippen LogP contribution is 2.39. The van der Waals surface area contributed by atoms with Gasteiger partial charge in [0.05, 0.1) is 23.3 Å². The molecule has 1 aliphatic rings. The number of hydrogen-bond acceptors (Lipinski definition) is 5. The van der Waals surface area contributed by atoms with Crippen LogP contribution in [0.15, 0.2) is 47.3 Å². The third kappa shape index (κ3) is 4.61. The first-order chi connectivity index (χ1) is 16.4. The minimum Gasteiger partial charge on any atom is -0.487 e. The number of fused-ring (bicyclic) bond motifs is 1. The van der Waals surface area contributed by atoms with Crippen LogP contribution in [0.25, 0.3) is 5.69 Å². The van der Waals surface area contributed by atoms with Crippen LogP contribution in [-0.2, 0) is 21.4 Å². The van der Waals surface area contributed by atoms with Crippen molar-refractivity contribution in [3.05, 3.63) is 80.7 Å². The normalized spacial score (nSPS) is 13.2. The zero-order chi connectivity index (χ0) is 25.7. The van der Waals surface area contributed by atoms with E-state index in [1.165, 1.54) is 40.7 Å². The molecule has 0 aliphatic carbocycles. The molecule has 0 fully saturated rings. The average molecular weight is 524 g/mol. The van der Waals surface area contributed by atoms with E-state index in [1.807, 2.05) is 0 Å². The van der Waals surface area contributed by atoms with Crippen molar-refractivity contribution in [3.63, 3.8) is 0 Å². The third-order valence-electron chi connectivity index (χ3n) is 5.53. The molecule has 0 bridgehead atoms. The van der Waals surface area contributed by atoms with Crippen molar-refractivity contribution in [2.24, 2.45) is 0 Å². The molecule has 0 saturated heterocycles. The number of rotatable bonds is 5. The van der Waals surface area contributed by atoms with Gasteiger partial charge in [0.1, 0.15) is 35.7 Å². The summed E-state index contributed by atoms with van der Waals surface area (Å²) >= 11 is 6.27. The van der Waals surface area contributed by atoms with E-state index in [-0.39, 0.29) is 35.5 Å². The molecule has 184 valence electrons. The Hall–Kier alpha value is -3.44. The van der Waals surface area contributed by atoms with Crippen molar-refractivity contribution in [2.45, 2.75) is 20.5 Å². The summed E-state index contributed by atoms with van der Waals surface area (Å²) in [6.07, 6.45) is 1.04. The molecule has 0 radical (unpaired) electrons. The molecule has 1 aromatic heterocycles. The molecule has 0 atom stereocenters. The molecule has 3 aromatic rings. The number of aromatic nitrogens is 1. The van der Waals surface area contributed by atoms with Crippen molar-refractivity contribution < 1.29 is 26.7 Å². The topological polar surface area (TPSA) is 88.9 Å². The molecule has 0 unspecified atom stereocenters. The first kappa shape index (κ1) is 24.7. The molecular formula is C23H20ClF2N3O5S. The number of sulfonamides is 1. The van der Waals surface area contributed by atoms with Gasteiger partial charge in [0.2, 0.25) is 15.9 Å². The van der Waals surface area contributed by atoms with Gasteiger partial charge in [-0.3, -0.25) is 19.1 Å². The number of carbonyl (C=O) groups is 1. The molecule has 0 N–H and O–H groups in total. The van der Waals surface area contributed by atoms with Crippen molar-refractivity contribution in [3.8, 4) is 11.4 Å². The summed E-state index contributed by atoms with van der Waals surface area (Å²) in [7, 11) is -3.64. The van der Waals surface area contributed by atoms with Gasteiger partial charge in [0, 0.05) is 30.3 Å². The summed E-state index contributed by atoms with van der Waals surface area (Å²) in [6, 6.07) is 9.13. The summed E-state index contributed by atoms with van der Waals surface area (Å²) in [5, 5.41) is -0.264. The number of amides is 1. The maximum Gasteiger partial charge on any atom is 0.277 e. The summed E-state index contributed by atoms with van der Waals surface area (Å²) in [6.45, 7) is 2.49. The monoisotopic (exact) mass is 523 g/mol. The zero-order valence-corrected chi connectivity index (χ0v) is 20.5. The van der Waals surface area contributed by atoms with Gasteiger partial charge in [-0.1, -0.05) is 11.6 Å². The molecule has 0 saturated carbocycles. The van der Waals surface area contributed by atoms with E-state index in [2.05, 4.69) is 0 Å². The quantitative estimate of drug-likeness (QED) is 0.508. The van der Waals surface area contributed by atoms with Crippen LogP contribution in [0.4, 0.5) is 20.2 Å². The predicted octanol–water partition coefficient (Wildman–Crippen LogP) is 3.75. The molecule has 2 heterocycles. The predicted molar refractivity (Wildman–Crippen MR) is 128 cm³/mol. The fraction of sp³-hybridized carbons (Fsp3) is 0.217. The minimum atomic E-state index is -3.64. The molecule has 8 nitrogen and oxygen atoms in total. The summed E-state index contributed by atoms with van der Waals surface area (Å²) in [5.74, 6) is -1.86. The van der Waals surface area contributed by atoms with E-state index in [4.69, 9.17) is 16.3 Å². The SMILES string of the molecule is CC(=O)N1CN(S(C)(=O)=O)c2ccc(-n3c(C)cc(OCc4ccc(F)cc4F)c(Cl)c3=O)cc21. The number of ether oxygens (including phenoxy) is 1. The molecule has 4 rings (SSSR count). The van der Waals surface area contributed by atoms with E-state index in [0.29, 0.717) is 22.8 Å². The summed E-state index contributed by atoms with van der Waals surface area (Å²) in [5.41, 5.74) is 0.864. The van der Waals surface area contributed by atoms with Crippen LogP contribution in [0, 0.1) is 18.6 Å². The van der Waals surface area contributed by atoms with Crippen LogP contribution in [0.1, 0.15) is 18.2 Å². The Balaban J connectivity index is 1.72. The highest BCUT2D eigenvalue weighted by atomic mass is 35.5. The van der Waals surface area contributed by atoms with Crippen molar-refractivity contribution in [1.29, 1.82) is 0 Å². The molecular weight excluding hydrogens is 504 g/mol. The van der Waals surface area contributed by atoms with Gasteiger partial charge in [-0.25, -0.2) is 21.5 Å².